The minimum absolute atomic E-state index is 0.0874. The van der Waals surface area contributed by atoms with E-state index < -0.39 is 0 Å². The number of carbonyl (C=O) groups excluding carboxylic acids is 1. The van der Waals surface area contributed by atoms with Gasteiger partial charge >= 0.3 is 0 Å². The van der Waals surface area contributed by atoms with Crippen LogP contribution in [0, 0.1) is 0 Å². The molecule has 0 bridgehead atoms. The highest BCUT2D eigenvalue weighted by Gasteiger charge is 2.28. The molecule has 5 heteroatoms. The average Bonchev–Trinajstić information content (AvgIpc) is 2.59. The smallest absolute Gasteiger partial charge is 0.228 e. The molecule has 2 rings (SSSR count). The van der Waals surface area contributed by atoms with E-state index in [-0.39, 0.29) is 11.2 Å². The molecule has 0 aliphatic carbocycles. The van der Waals surface area contributed by atoms with Crippen LogP contribution in [0.25, 0.3) is 0 Å². The summed E-state index contributed by atoms with van der Waals surface area (Å²) < 4.78 is 5.12. The van der Waals surface area contributed by atoms with Crippen molar-refractivity contribution in [2.24, 2.45) is 0 Å². The van der Waals surface area contributed by atoms with Crippen molar-refractivity contribution in [1.29, 1.82) is 0 Å². The highest BCUT2D eigenvalue weighted by atomic mass is 35.5. The Morgan fingerprint density at radius 1 is 1.56 bits per heavy atom. The maximum atomic E-state index is 11.7. The molecule has 1 aromatic carbocycles. The van der Waals surface area contributed by atoms with Gasteiger partial charge in [-0.3, -0.25) is 4.79 Å². The first-order chi connectivity index (χ1) is 7.61. The second kappa shape index (κ2) is 4.55. The zero-order chi connectivity index (χ0) is 11.7. The fourth-order valence-electron chi connectivity index (χ4n) is 1.75. The number of benzene rings is 1. The van der Waals surface area contributed by atoms with Crippen LogP contribution in [0.15, 0.2) is 18.2 Å². The number of carbonyl (C=O) groups is 1. The molecular formula is C11H12ClNO2S. The van der Waals surface area contributed by atoms with E-state index in [1.807, 2.05) is 6.07 Å². The summed E-state index contributed by atoms with van der Waals surface area (Å²) in [6.45, 7) is 0.632. The number of hydrogen-bond acceptors (Lipinski definition) is 3. The average molecular weight is 258 g/mol. The molecule has 1 aliphatic heterocycles. The van der Waals surface area contributed by atoms with Crippen LogP contribution in [0.4, 0.5) is 5.69 Å². The van der Waals surface area contributed by atoms with E-state index in [1.54, 1.807) is 24.1 Å². The molecule has 1 fully saturated rings. The molecule has 0 radical (unpaired) electrons. The Kier molecular flexibility index (Phi) is 3.30. The molecule has 1 atom stereocenters. The predicted molar refractivity (Wildman–Crippen MR) is 67.7 cm³/mol. The monoisotopic (exact) mass is 257 g/mol. The largest absolute Gasteiger partial charge is 0.495 e. The molecule has 3 nitrogen and oxygen atoms in total. The second-order valence-electron chi connectivity index (χ2n) is 3.68. The van der Waals surface area contributed by atoms with E-state index in [0.29, 0.717) is 23.7 Å². The summed E-state index contributed by atoms with van der Waals surface area (Å²) in [5.41, 5.74) is 0.808. The molecule has 16 heavy (non-hydrogen) atoms. The Balaban J connectivity index is 2.30. The summed E-state index contributed by atoms with van der Waals surface area (Å²) in [6, 6.07) is 5.31. The van der Waals surface area contributed by atoms with Crippen LogP contribution in [0.2, 0.25) is 5.02 Å². The van der Waals surface area contributed by atoms with Crippen LogP contribution < -0.4 is 9.64 Å². The Morgan fingerprint density at radius 3 is 2.88 bits per heavy atom. The molecule has 0 spiro atoms. The number of thiol groups is 1. The standard InChI is InChI=1S/C11H12ClNO2S/c1-15-10-4-7(2-3-9(10)12)13-6-8(16)5-11(13)14/h2-4,8,16H,5-6H2,1H3. The summed E-state index contributed by atoms with van der Waals surface area (Å²) in [5, 5.41) is 0.648. The Bertz CT molecular complexity index is 424. The Hall–Kier alpha value is -0.870. The lowest BCUT2D eigenvalue weighted by molar-refractivity contribution is -0.117. The van der Waals surface area contributed by atoms with Crippen molar-refractivity contribution in [3.05, 3.63) is 23.2 Å². The summed E-state index contributed by atoms with van der Waals surface area (Å²) >= 11 is 10.2. The molecule has 1 saturated heterocycles. The van der Waals surface area contributed by atoms with Crippen LogP contribution in [0.5, 0.6) is 5.75 Å². The number of rotatable bonds is 2. The van der Waals surface area contributed by atoms with Crippen molar-refractivity contribution in [2.75, 3.05) is 18.6 Å². The van der Waals surface area contributed by atoms with Gasteiger partial charge in [0.2, 0.25) is 5.91 Å². The van der Waals surface area contributed by atoms with Gasteiger partial charge in [0.1, 0.15) is 5.75 Å². The highest BCUT2D eigenvalue weighted by Crippen LogP contribution is 2.31. The van der Waals surface area contributed by atoms with E-state index >= 15 is 0 Å². The van der Waals surface area contributed by atoms with Crippen molar-refractivity contribution >= 4 is 35.8 Å². The number of amides is 1. The van der Waals surface area contributed by atoms with Crippen molar-refractivity contribution in [1.82, 2.24) is 0 Å². The number of ether oxygens (including phenoxy) is 1. The first-order valence-corrected chi connectivity index (χ1v) is 5.83. The van der Waals surface area contributed by atoms with Crippen LogP contribution in [-0.4, -0.2) is 24.8 Å². The summed E-state index contributed by atoms with van der Waals surface area (Å²) in [4.78, 5) is 13.4. The van der Waals surface area contributed by atoms with Gasteiger partial charge in [-0.2, -0.15) is 12.6 Å². The first-order valence-electron chi connectivity index (χ1n) is 4.94. The summed E-state index contributed by atoms with van der Waals surface area (Å²) in [7, 11) is 1.55. The summed E-state index contributed by atoms with van der Waals surface area (Å²) in [5.74, 6) is 0.666. The molecule has 1 heterocycles. The van der Waals surface area contributed by atoms with Crippen molar-refractivity contribution < 1.29 is 9.53 Å². The van der Waals surface area contributed by atoms with Crippen LogP contribution >= 0.6 is 24.2 Å². The Labute approximate surface area is 105 Å². The van der Waals surface area contributed by atoms with Gasteiger partial charge in [0, 0.05) is 30.0 Å². The van der Waals surface area contributed by atoms with E-state index in [0.717, 1.165) is 5.69 Å². The number of hydrogen-bond donors (Lipinski definition) is 1. The number of methoxy groups -OCH3 is 1. The topological polar surface area (TPSA) is 29.5 Å². The lowest BCUT2D eigenvalue weighted by Crippen LogP contribution is -2.24. The molecule has 86 valence electrons. The zero-order valence-corrected chi connectivity index (χ0v) is 10.5. The molecule has 1 aliphatic rings. The van der Waals surface area contributed by atoms with E-state index in [4.69, 9.17) is 16.3 Å². The van der Waals surface area contributed by atoms with Gasteiger partial charge in [0.25, 0.3) is 0 Å². The third-order valence-corrected chi connectivity index (χ3v) is 3.21. The number of nitrogens with zero attached hydrogens (tertiary/aromatic N) is 1. The van der Waals surface area contributed by atoms with Gasteiger partial charge in [-0.15, -0.1) is 0 Å². The van der Waals surface area contributed by atoms with Gasteiger partial charge in [-0.25, -0.2) is 0 Å². The van der Waals surface area contributed by atoms with Crippen molar-refractivity contribution in [3.8, 4) is 5.75 Å². The van der Waals surface area contributed by atoms with Gasteiger partial charge in [0.15, 0.2) is 0 Å². The lowest BCUT2D eigenvalue weighted by atomic mass is 10.3. The minimum Gasteiger partial charge on any atom is -0.495 e. The number of anilines is 1. The van der Waals surface area contributed by atoms with Gasteiger partial charge in [0.05, 0.1) is 12.1 Å². The third-order valence-electron chi connectivity index (χ3n) is 2.55. The normalized spacial score (nSPS) is 20.3. The molecule has 0 saturated carbocycles. The van der Waals surface area contributed by atoms with Crippen molar-refractivity contribution in [3.63, 3.8) is 0 Å². The van der Waals surface area contributed by atoms with Gasteiger partial charge in [-0.05, 0) is 12.1 Å². The van der Waals surface area contributed by atoms with Gasteiger partial charge < -0.3 is 9.64 Å². The molecule has 1 aromatic rings. The molecule has 0 aromatic heterocycles. The van der Waals surface area contributed by atoms with E-state index in [1.165, 1.54) is 0 Å². The maximum absolute atomic E-state index is 11.7. The van der Waals surface area contributed by atoms with E-state index in [9.17, 15) is 4.79 Å². The third kappa shape index (κ3) is 2.13. The lowest BCUT2D eigenvalue weighted by Gasteiger charge is -2.17. The second-order valence-corrected chi connectivity index (χ2v) is 4.82. The Morgan fingerprint density at radius 2 is 2.31 bits per heavy atom. The fraction of sp³-hybridized carbons (Fsp3) is 0.364. The van der Waals surface area contributed by atoms with Crippen LogP contribution in [-0.2, 0) is 4.79 Å². The van der Waals surface area contributed by atoms with Crippen LogP contribution in [0.1, 0.15) is 6.42 Å². The van der Waals surface area contributed by atoms with Crippen molar-refractivity contribution in [2.45, 2.75) is 11.7 Å². The molecule has 1 amide bonds. The van der Waals surface area contributed by atoms with Crippen LogP contribution in [0.3, 0.4) is 0 Å². The van der Waals surface area contributed by atoms with E-state index in [2.05, 4.69) is 12.6 Å². The fourth-order valence-corrected chi connectivity index (χ4v) is 2.27. The van der Waals surface area contributed by atoms with Gasteiger partial charge in [-0.1, -0.05) is 11.6 Å². The first kappa shape index (κ1) is 11.6. The minimum atomic E-state index is 0.0874. The molecule has 1 unspecified atom stereocenters. The SMILES string of the molecule is COc1cc(N2CC(S)CC2=O)ccc1Cl. The molecular weight excluding hydrogens is 246 g/mol. The zero-order valence-electron chi connectivity index (χ0n) is 8.81. The predicted octanol–water partition coefficient (Wildman–Crippen LogP) is 2.38. The highest BCUT2D eigenvalue weighted by molar-refractivity contribution is 7.81. The maximum Gasteiger partial charge on any atom is 0.228 e. The number of halogens is 1. The quantitative estimate of drug-likeness (QED) is 0.825. The molecule has 0 N–H and O–H groups in total. The summed E-state index contributed by atoms with van der Waals surface area (Å²) in [6.07, 6.45) is 0.480.